The lowest BCUT2D eigenvalue weighted by atomic mass is 9.79. The van der Waals surface area contributed by atoms with Gasteiger partial charge in [-0.15, -0.1) is 0 Å². The minimum absolute atomic E-state index is 0.0308. The number of aliphatic imine (C=N–C) groups is 1. The van der Waals surface area contributed by atoms with Crippen molar-refractivity contribution >= 4 is 27.4 Å². The molecule has 1 atom stereocenters. The van der Waals surface area contributed by atoms with Crippen LogP contribution in [-0.4, -0.2) is 45.5 Å². The lowest BCUT2D eigenvalue weighted by Gasteiger charge is -2.29. The number of nitrogens with one attached hydrogen (secondary N) is 2. The monoisotopic (exact) mass is 413 g/mol. The second-order valence-corrected chi connectivity index (χ2v) is 10.4. The molecule has 0 radical (unpaired) electrons. The van der Waals surface area contributed by atoms with Gasteiger partial charge in [0.15, 0.2) is 5.96 Å². The second kappa shape index (κ2) is 9.78. The van der Waals surface area contributed by atoms with Crippen LogP contribution in [0.2, 0.25) is 5.02 Å². The maximum atomic E-state index is 11.4. The summed E-state index contributed by atoms with van der Waals surface area (Å²) in [5.41, 5.74) is 1.29. The highest BCUT2D eigenvalue weighted by Gasteiger charge is 2.35. The first kappa shape index (κ1) is 22.0. The minimum Gasteiger partial charge on any atom is -0.357 e. The molecule has 1 aliphatic rings. The summed E-state index contributed by atoms with van der Waals surface area (Å²) < 4.78 is 22.8. The molecule has 152 valence electrons. The quantitative estimate of drug-likeness (QED) is 0.505. The number of halogens is 1. The summed E-state index contributed by atoms with van der Waals surface area (Å²) in [5, 5.41) is 7.39. The van der Waals surface area contributed by atoms with Gasteiger partial charge < -0.3 is 10.6 Å². The molecule has 0 heterocycles. The molecular weight excluding hydrogens is 382 g/mol. The number of sulfone groups is 1. The predicted molar refractivity (Wildman–Crippen MR) is 115 cm³/mol. The summed E-state index contributed by atoms with van der Waals surface area (Å²) in [6.45, 7) is 5.47. The molecule has 1 aromatic carbocycles. The number of rotatable bonds is 8. The Labute approximate surface area is 168 Å². The van der Waals surface area contributed by atoms with E-state index in [4.69, 9.17) is 16.6 Å². The van der Waals surface area contributed by atoms with Crippen LogP contribution in [-0.2, 0) is 15.3 Å². The highest BCUT2D eigenvalue weighted by Crippen LogP contribution is 2.42. The highest BCUT2D eigenvalue weighted by molar-refractivity contribution is 7.90. The summed E-state index contributed by atoms with van der Waals surface area (Å²) in [6.07, 6.45) is 6.46. The van der Waals surface area contributed by atoms with Gasteiger partial charge in [0.1, 0.15) is 9.84 Å². The summed E-state index contributed by atoms with van der Waals surface area (Å²) in [5.74, 6) is 0.916. The van der Waals surface area contributed by atoms with Gasteiger partial charge in [-0.2, -0.15) is 0 Å². The molecule has 0 bridgehead atoms. The molecular formula is C20H32ClN3O2S. The van der Waals surface area contributed by atoms with Gasteiger partial charge in [-0.05, 0) is 50.8 Å². The Morgan fingerprint density at radius 2 is 2.04 bits per heavy atom. The van der Waals surface area contributed by atoms with Crippen LogP contribution in [0.25, 0.3) is 0 Å². The maximum Gasteiger partial charge on any atom is 0.191 e. The Morgan fingerprint density at radius 3 is 2.63 bits per heavy atom. The Balaban J connectivity index is 2.11. The predicted octanol–water partition coefficient (Wildman–Crippen LogP) is 3.53. The number of nitrogens with zero attached hydrogens (tertiary/aromatic N) is 1. The van der Waals surface area contributed by atoms with Crippen molar-refractivity contribution in [3.05, 3.63) is 34.9 Å². The summed E-state index contributed by atoms with van der Waals surface area (Å²) in [7, 11) is -2.96. The number of benzene rings is 1. The lowest BCUT2D eigenvalue weighted by molar-refractivity contribution is 0.452. The molecule has 1 unspecified atom stereocenters. The molecule has 5 nitrogen and oxygen atoms in total. The number of guanidine groups is 1. The van der Waals surface area contributed by atoms with Crippen LogP contribution in [0.5, 0.6) is 0 Å². The third kappa shape index (κ3) is 7.00. The van der Waals surface area contributed by atoms with Gasteiger partial charge >= 0.3 is 0 Å². The SMILES string of the molecule is CCNC(=NCC1(c2cccc(Cl)c2)CCCC1)NC(C)CCS(C)(=O)=O. The highest BCUT2D eigenvalue weighted by atomic mass is 35.5. The van der Waals surface area contributed by atoms with Crippen LogP contribution in [0, 0.1) is 0 Å². The van der Waals surface area contributed by atoms with E-state index in [9.17, 15) is 8.42 Å². The standard InChI is InChI=1S/C20H32ClN3O2S/c1-4-22-19(24-16(2)10-13-27(3,25)26)23-15-20(11-5-6-12-20)17-8-7-9-18(21)14-17/h7-9,14,16H,4-6,10-13,15H2,1-3H3,(H2,22,23,24). The normalized spacial score (nSPS) is 18.3. The van der Waals surface area contributed by atoms with E-state index in [0.717, 1.165) is 30.4 Å². The first-order chi connectivity index (χ1) is 12.7. The summed E-state index contributed by atoms with van der Waals surface area (Å²) >= 11 is 6.23. The molecule has 0 aliphatic heterocycles. The van der Waals surface area contributed by atoms with Gasteiger partial charge in [0.2, 0.25) is 0 Å². The van der Waals surface area contributed by atoms with Crippen LogP contribution >= 0.6 is 11.6 Å². The van der Waals surface area contributed by atoms with Gasteiger partial charge in [-0.1, -0.05) is 36.6 Å². The van der Waals surface area contributed by atoms with Crippen LogP contribution < -0.4 is 10.6 Å². The van der Waals surface area contributed by atoms with E-state index in [2.05, 4.69) is 22.8 Å². The zero-order valence-corrected chi connectivity index (χ0v) is 18.2. The minimum atomic E-state index is -2.96. The first-order valence-corrected chi connectivity index (χ1v) is 12.2. The van der Waals surface area contributed by atoms with E-state index < -0.39 is 9.84 Å². The third-order valence-corrected chi connectivity index (χ3v) is 6.40. The summed E-state index contributed by atoms with van der Waals surface area (Å²) in [6, 6.07) is 8.17. The van der Waals surface area contributed by atoms with E-state index >= 15 is 0 Å². The van der Waals surface area contributed by atoms with Gasteiger partial charge in [0, 0.05) is 29.3 Å². The van der Waals surface area contributed by atoms with Gasteiger partial charge in [-0.3, -0.25) is 4.99 Å². The summed E-state index contributed by atoms with van der Waals surface area (Å²) in [4.78, 5) is 4.86. The van der Waals surface area contributed by atoms with Gasteiger partial charge in [-0.25, -0.2) is 8.42 Å². The van der Waals surface area contributed by atoms with Crippen LogP contribution in [0.15, 0.2) is 29.3 Å². The van der Waals surface area contributed by atoms with Crippen LogP contribution in [0.4, 0.5) is 0 Å². The first-order valence-electron chi connectivity index (χ1n) is 9.73. The van der Waals surface area contributed by atoms with Crippen molar-refractivity contribution in [3.8, 4) is 0 Å². The zero-order valence-electron chi connectivity index (χ0n) is 16.6. The van der Waals surface area contributed by atoms with Crippen molar-refractivity contribution in [3.63, 3.8) is 0 Å². The number of hydrogen-bond donors (Lipinski definition) is 2. The van der Waals surface area contributed by atoms with Crippen LogP contribution in [0.1, 0.15) is 51.5 Å². The van der Waals surface area contributed by atoms with Crippen molar-refractivity contribution < 1.29 is 8.42 Å². The van der Waals surface area contributed by atoms with Crippen LogP contribution in [0.3, 0.4) is 0 Å². The maximum absolute atomic E-state index is 11.4. The van der Waals surface area contributed by atoms with E-state index in [1.54, 1.807) is 0 Å². The molecule has 27 heavy (non-hydrogen) atoms. The van der Waals surface area contributed by atoms with Crippen molar-refractivity contribution in [1.29, 1.82) is 0 Å². The topological polar surface area (TPSA) is 70.6 Å². The smallest absolute Gasteiger partial charge is 0.191 e. The molecule has 0 saturated heterocycles. The zero-order chi connectivity index (χ0) is 19.9. The van der Waals surface area contributed by atoms with Gasteiger partial charge in [0.25, 0.3) is 0 Å². The molecule has 2 N–H and O–H groups in total. The van der Waals surface area contributed by atoms with E-state index in [1.807, 2.05) is 26.0 Å². The molecule has 1 aromatic rings. The largest absolute Gasteiger partial charge is 0.357 e. The fraction of sp³-hybridized carbons (Fsp3) is 0.650. The van der Waals surface area contributed by atoms with E-state index in [0.29, 0.717) is 13.0 Å². The van der Waals surface area contributed by atoms with E-state index in [1.165, 1.54) is 24.7 Å². The molecule has 0 aromatic heterocycles. The fourth-order valence-electron chi connectivity index (χ4n) is 3.66. The molecule has 1 aliphatic carbocycles. The molecule has 1 saturated carbocycles. The number of hydrogen-bond acceptors (Lipinski definition) is 3. The average molecular weight is 414 g/mol. The third-order valence-electron chi connectivity index (χ3n) is 5.19. The Morgan fingerprint density at radius 1 is 1.33 bits per heavy atom. The molecule has 2 rings (SSSR count). The Hall–Kier alpha value is -1.27. The molecule has 0 spiro atoms. The molecule has 1 fully saturated rings. The lowest BCUT2D eigenvalue weighted by Crippen LogP contribution is -2.43. The van der Waals surface area contributed by atoms with E-state index in [-0.39, 0.29) is 17.2 Å². The Kier molecular flexibility index (Phi) is 7.98. The molecule has 0 amide bonds. The molecule has 7 heteroatoms. The van der Waals surface area contributed by atoms with Crippen molar-refractivity contribution in [2.75, 3.05) is 25.1 Å². The van der Waals surface area contributed by atoms with Gasteiger partial charge in [0.05, 0.1) is 12.3 Å². The van der Waals surface area contributed by atoms with Crippen molar-refractivity contribution in [2.45, 2.75) is 57.4 Å². The van der Waals surface area contributed by atoms with Crippen molar-refractivity contribution in [2.24, 2.45) is 4.99 Å². The Bertz CT molecular complexity index is 743. The average Bonchev–Trinajstić information content (AvgIpc) is 3.08. The second-order valence-electron chi connectivity index (χ2n) is 7.66. The van der Waals surface area contributed by atoms with Crippen molar-refractivity contribution in [1.82, 2.24) is 10.6 Å². The fourth-order valence-corrected chi connectivity index (χ4v) is 4.63.